The van der Waals surface area contributed by atoms with Gasteiger partial charge in [0.2, 0.25) is 0 Å². The Balaban J connectivity index is 1.84. The van der Waals surface area contributed by atoms with Crippen molar-refractivity contribution >= 4 is 33.3 Å². The van der Waals surface area contributed by atoms with Crippen LogP contribution >= 0.6 is 27.5 Å². The number of ketones is 1. The molecule has 1 aliphatic carbocycles. The zero-order valence-corrected chi connectivity index (χ0v) is 14.0. The zero-order valence-electron chi connectivity index (χ0n) is 11.7. The summed E-state index contributed by atoms with van der Waals surface area (Å²) in [5.41, 5.74) is 4.70. The van der Waals surface area contributed by atoms with Gasteiger partial charge < -0.3 is 0 Å². The quantitative estimate of drug-likeness (QED) is 0.713. The van der Waals surface area contributed by atoms with Crippen molar-refractivity contribution in [2.24, 2.45) is 0 Å². The molecule has 3 heteroatoms. The van der Waals surface area contributed by atoms with Gasteiger partial charge in [-0.15, -0.1) is 0 Å². The summed E-state index contributed by atoms with van der Waals surface area (Å²) in [5.74, 6) is 0.294. The van der Waals surface area contributed by atoms with E-state index in [1.165, 1.54) is 16.7 Å². The predicted octanol–water partition coefficient (Wildman–Crippen LogP) is 5.41. The SMILES string of the molecule is O=C1CCCc2c(CCc3cc(Cl)ccc3Br)cccc21. The highest BCUT2D eigenvalue weighted by Gasteiger charge is 2.19. The molecule has 0 saturated heterocycles. The lowest BCUT2D eigenvalue weighted by molar-refractivity contribution is 0.0972. The van der Waals surface area contributed by atoms with E-state index in [1.807, 2.05) is 30.3 Å². The summed E-state index contributed by atoms with van der Waals surface area (Å²) >= 11 is 9.64. The molecule has 0 atom stereocenters. The molecule has 1 aliphatic rings. The summed E-state index contributed by atoms with van der Waals surface area (Å²) in [4.78, 5) is 12.0. The number of benzene rings is 2. The van der Waals surface area contributed by atoms with Crippen molar-refractivity contribution in [3.8, 4) is 0 Å². The molecule has 0 aliphatic heterocycles. The molecule has 2 aromatic rings. The molecule has 108 valence electrons. The highest BCUT2D eigenvalue weighted by Crippen LogP contribution is 2.27. The number of hydrogen-bond donors (Lipinski definition) is 0. The third-order valence-corrected chi connectivity index (χ3v) is 5.08. The summed E-state index contributed by atoms with van der Waals surface area (Å²) in [5, 5.41) is 0.762. The molecule has 0 saturated carbocycles. The molecule has 2 aromatic carbocycles. The normalized spacial score (nSPS) is 14.1. The fourth-order valence-electron chi connectivity index (χ4n) is 2.99. The second kappa shape index (κ2) is 6.33. The van der Waals surface area contributed by atoms with Crippen LogP contribution in [0.1, 0.15) is 39.9 Å². The maximum Gasteiger partial charge on any atom is 0.163 e. The first-order chi connectivity index (χ1) is 10.1. The molecule has 0 heterocycles. The second-order valence-corrected chi connectivity index (χ2v) is 6.75. The summed E-state index contributed by atoms with van der Waals surface area (Å²) < 4.78 is 1.09. The van der Waals surface area contributed by atoms with Gasteiger partial charge in [-0.25, -0.2) is 0 Å². The van der Waals surface area contributed by atoms with E-state index in [2.05, 4.69) is 22.0 Å². The van der Waals surface area contributed by atoms with Gasteiger partial charge in [0.15, 0.2) is 5.78 Å². The molecule has 0 amide bonds. The minimum atomic E-state index is 0.294. The zero-order chi connectivity index (χ0) is 14.8. The van der Waals surface area contributed by atoms with Gasteiger partial charge in [-0.1, -0.05) is 45.7 Å². The molecule has 0 bridgehead atoms. The minimum Gasteiger partial charge on any atom is -0.294 e. The Labute approximate surface area is 138 Å². The van der Waals surface area contributed by atoms with Crippen LogP contribution in [0.4, 0.5) is 0 Å². The average Bonchev–Trinajstić information content (AvgIpc) is 2.49. The lowest BCUT2D eigenvalue weighted by Gasteiger charge is -2.18. The first-order valence-corrected chi connectivity index (χ1v) is 8.40. The van der Waals surface area contributed by atoms with Crippen molar-refractivity contribution in [2.45, 2.75) is 32.1 Å². The van der Waals surface area contributed by atoms with Crippen LogP contribution in [0.3, 0.4) is 0 Å². The van der Waals surface area contributed by atoms with Crippen LogP contribution in [0, 0.1) is 0 Å². The Morgan fingerprint density at radius 2 is 1.86 bits per heavy atom. The van der Waals surface area contributed by atoms with Gasteiger partial charge in [-0.05, 0) is 60.6 Å². The molecular formula is C18H16BrClO. The Morgan fingerprint density at radius 1 is 1.05 bits per heavy atom. The van der Waals surface area contributed by atoms with Crippen LogP contribution < -0.4 is 0 Å². The van der Waals surface area contributed by atoms with Crippen LogP contribution in [0.2, 0.25) is 5.02 Å². The maximum absolute atomic E-state index is 12.0. The van der Waals surface area contributed by atoms with Crippen molar-refractivity contribution in [3.05, 3.63) is 68.1 Å². The van der Waals surface area contributed by atoms with Crippen LogP contribution in [0.15, 0.2) is 40.9 Å². The van der Waals surface area contributed by atoms with Crippen molar-refractivity contribution in [1.82, 2.24) is 0 Å². The van der Waals surface area contributed by atoms with Gasteiger partial charge >= 0.3 is 0 Å². The van der Waals surface area contributed by atoms with Gasteiger partial charge in [0, 0.05) is 21.5 Å². The van der Waals surface area contributed by atoms with Crippen molar-refractivity contribution in [2.75, 3.05) is 0 Å². The lowest BCUT2D eigenvalue weighted by atomic mass is 9.86. The largest absolute Gasteiger partial charge is 0.294 e. The van der Waals surface area contributed by atoms with E-state index in [0.717, 1.165) is 40.7 Å². The fraction of sp³-hybridized carbons (Fsp3) is 0.278. The van der Waals surface area contributed by atoms with Gasteiger partial charge in [-0.2, -0.15) is 0 Å². The maximum atomic E-state index is 12.0. The van der Waals surface area contributed by atoms with Gasteiger partial charge in [0.1, 0.15) is 0 Å². The van der Waals surface area contributed by atoms with E-state index in [9.17, 15) is 4.79 Å². The second-order valence-electron chi connectivity index (χ2n) is 5.46. The molecule has 0 aromatic heterocycles. The molecule has 1 nitrogen and oxygen atoms in total. The number of Topliss-reactive ketones (excluding diaryl/α,β-unsaturated/α-hetero) is 1. The number of rotatable bonds is 3. The lowest BCUT2D eigenvalue weighted by Crippen LogP contribution is -2.13. The first kappa shape index (κ1) is 14.8. The molecule has 0 radical (unpaired) electrons. The Morgan fingerprint density at radius 3 is 2.71 bits per heavy atom. The van der Waals surface area contributed by atoms with Crippen LogP contribution in [0.25, 0.3) is 0 Å². The van der Waals surface area contributed by atoms with Gasteiger partial charge in [0.05, 0.1) is 0 Å². The number of carbonyl (C=O) groups is 1. The summed E-state index contributed by atoms with van der Waals surface area (Å²) in [6, 6.07) is 12.0. The topological polar surface area (TPSA) is 17.1 Å². The van der Waals surface area contributed by atoms with Crippen LogP contribution in [-0.4, -0.2) is 5.78 Å². The number of halogens is 2. The summed E-state index contributed by atoms with van der Waals surface area (Å²) in [6.45, 7) is 0. The third-order valence-electron chi connectivity index (χ3n) is 4.08. The van der Waals surface area contributed by atoms with Crippen molar-refractivity contribution in [1.29, 1.82) is 0 Å². The number of hydrogen-bond acceptors (Lipinski definition) is 1. The predicted molar refractivity (Wildman–Crippen MR) is 90.3 cm³/mol. The average molecular weight is 364 g/mol. The highest BCUT2D eigenvalue weighted by molar-refractivity contribution is 9.10. The fourth-order valence-corrected chi connectivity index (χ4v) is 3.63. The summed E-state index contributed by atoms with van der Waals surface area (Å²) in [7, 11) is 0. The van der Waals surface area contributed by atoms with Crippen molar-refractivity contribution in [3.63, 3.8) is 0 Å². The number of aryl methyl sites for hydroxylation is 2. The Hall–Kier alpha value is -1.12. The molecule has 3 rings (SSSR count). The molecule has 0 fully saturated rings. The van der Waals surface area contributed by atoms with E-state index in [0.29, 0.717) is 12.2 Å². The number of carbonyl (C=O) groups excluding carboxylic acids is 1. The summed E-state index contributed by atoms with van der Waals surface area (Å²) in [6.07, 6.45) is 4.55. The van der Waals surface area contributed by atoms with Gasteiger partial charge in [0.25, 0.3) is 0 Å². The van der Waals surface area contributed by atoms with Crippen LogP contribution in [-0.2, 0) is 19.3 Å². The standard InChI is InChI=1S/C18H16BrClO/c19-17-10-9-14(20)11-13(17)8-7-12-3-1-5-16-15(12)4-2-6-18(16)21/h1,3,5,9-11H,2,4,6-8H2. The Bertz CT molecular complexity index is 694. The van der Waals surface area contributed by atoms with E-state index >= 15 is 0 Å². The molecule has 0 N–H and O–H groups in total. The van der Waals surface area contributed by atoms with E-state index < -0.39 is 0 Å². The molecular weight excluding hydrogens is 348 g/mol. The van der Waals surface area contributed by atoms with Gasteiger partial charge in [-0.3, -0.25) is 4.79 Å². The Kier molecular flexibility index (Phi) is 4.46. The van der Waals surface area contributed by atoms with Crippen LogP contribution in [0.5, 0.6) is 0 Å². The monoisotopic (exact) mass is 362 g/mol. The van der Waals surface area contributed by atoms with Crippen molar-refractivity contribution < 1.29 is 4.79 Å². The molecule has 21 heavy (non-hydrogen) atoms. The third kappa shape index (κ3) is 3.22. The molecule has 0 unspecified atom stereocenters. The van der Waals surface area contributed by atoms with E-state index in [1.54, 1.807) is 0 Å². The minimum absolute atomic E-state index is 0.294. The smallest absolute Gasteiger partial charge is 0.163 e. The highest BCUT2D eigenvalue weighted by atomic mass is 79.9. The number of fused-ring (bicyclic) bond motifs is 1. The van der Waals surface area contributed by atoms with E-state index in [-0.39, 0.29) is 0 Å². The first-order valence-electron chi connectivity index (χ1n) is 7.23. The van der Waals surface area contributed by atoms with E-state index in [4.69, 9.17) is 11.6 Å². The molecule has 0 spiro atoms.